The van der Waals surface area contributed by atoms with Gasteiger partial charge in [-0.25, -0.2) is 4.39 Å². The minimum absolute atomic E-state index is 0.276. The Morgan fingerprint density at radius 2 is 2.21 bits per heavy atom. The van der Waals surface area contributed by atoms with Crippen LogP contribution in [0.4, 0.5) is 4.39 Å². The van der Waals surface area contributed by atoms with E-state index in [2.05, 4.69) is 0 Å². The van der Waals surface area contributed by atoms with Crippen molar-refractivity contribution < 1.29 is 9.50 Å². The van der Waals surface area contributed by atoms with Gasteiger partial charge in [0, 0.05) is 20.5 Å². The van der Waals surface area contributed by atoms with Gasteiger partial charge in [-0.3, -0.25) is 0 Å². The van der Waals surface area contributed by atoms with Crippen LogP contribution in [0.1, 0.15) is 10.4 Å². The zero-order chi connectivity index (χ0) is 10.1. The summed E-state index contributed by atoms with van der Waals surface area (Å²) in [7, 11) is 0. The number of aliphatic hydroxyl groups is 1. The lowest BCUT2D eigenvalue weighted by Crippen LogP contribution is -1.89. The number of thiophene rings is 1. The lowest BCUT2D eigenvalue weighted by Gasteiger charge is -1.99. The third-order valence-corrected chi connectivity index (χ3v) is 3.64. The van der Waals surface area contributed by atoms with E-state index >= 15 is 0 Å². The standard InChI is InChI=1S/C10H8ClFOS/c11-4-6-3-7-8(5-13)9(12)1-2-10(7)14-6/h1-3,13H,4-5H2. The van der Waals surface area contributed by atoms with E-state index in [1.807, 2.05) is 6.07 Å². The van der Waals surface area contributed by atoms with E-state index in [0.717, 1.165) is 15.0 Å². The maximum Gasteiger partial charge on any atom is 0.129 e. The molecular weight excluding hydrogens is 223 g/mol. The number of fused-ring (bicyclic) bond motifs is 1. The summed E-state index contributed by atoms with van der Waals surface area (Å²) in [6, 6.07) is 4.93. The van der Waals surface area contributed by atoms with Gasteiger partial charge in [0.1, 0.15) is 5.82 Å². The second-order valence-corrected chi connectivity index (χ2v) is 4.38. The van der Waals surface area contributed by atoms with Gasteiger partial charge in [0.15, 0.2) is 0 Å². The molecule has 0 radical (unpaired) electrons. The molecule has 0 aliphatic carbocycles. The average molecular weight is 231 g/mol. The largest absolute Gasteiger partial charge is 0.392 e. The smallest absolute Gasteiger partial charge is 0.129 e. The van der Waals surface area contributed by atoms with E-state index in [9.17, 15) is 4.39 Å². The number of alkyl halides is 1. The summed E-state index contributed by atoms with van der Waals surface area (Å²) in [5, 5.41) is 9.80. The summed E-state index contributed by atoms with van der Waals surface area (Å²) >= 11 is 7.21. The van der Waals surface area contributed by atoms with E-state index in [0.29, 0.717) is 11.4 Å². The minimum atomic E-state index is -0.362. The summed E-state index contributed by atoms with van der Waals surface area (Å²) in [6.45, 7) is -0.276. The van der Waals surface area contributed by atoms with Crippen molar-refractivity contribution in [2.45, 2.75) is 12.5 Å². The van der Waals surface area contributed by atoms with E-state index in [-0.39, 0.29) is 12.4 Å². The van der Waals surface area contributed by atoms with Crippen LogP contribution in [-0.2, 0) is 12.5 Å². The van der Waals surface area contributed by atoms with Crippen LogP contribution in [0, 0.1) is 5.82 Å². The van der Waals surface area contributed by atoms with Crippen LogP contribution in [0.25, 0.3) is 10.1 Å². The molecule has 0 fully saturated rings. The number of hydrogen-bond acceptors (Lipinski definition) is 2. The highest BCUT2D eigenvalue weighted by Gasteiger charge is 2.09. The first kappa shape index (κ1) is 9.90. The number of hydrogen-bond donors (Lipinski definition) is 1. The molecule has 14 heavy (non-hydrogen) atoms. The third-order valence-electron chi connectivity index (χ3n) is 2.10. The monoisotopic (exact) mass is 230 g/mol. The molecule has 1 N–H and O–H groups in total. The van der Waals surface area contributed by atoms with Crippen molar-refractivity contribution in [1.29, 1.82) is 0 Å². The molecule has 1 aromatic heterocycles. The van der Waals surface area contributed by atoms with Crippen molar-refractivity contribution in [3.8, 4) is 0 Å². The number of halogens is 2. The van der Waals surface area contributed by atoms with Gasteiger partial charge in [0.25, 0.3) is 0 Å². The van der Waals surface area contributed by atoms with Gasteiger partial charge in [-0.15, -0.1) is 22.9 Å². The fourth-order valence-electron chi connectivity index (χ4n) is 1.42. The van der Waals surface area contributed by atoms with Crippen molar-refractivity contribution >= 4 is 33.0 Å². The van der Waals surface area contributed by atoms with Crippen molar-refractivity contribution in [3.63, 3.8) is 0 Å². The lowest BCUT2D eigenvalue weighted by atomic mass is 10.1. The molecule has 0 saturated heterocycles. The van der Waals surface area contributed by atoms with Gasteiger partial charge in [-0.05, 0) is 18.2 Å². The minimum Gasteiger partial charge on any atom is -0.392 e. The molecule has 0 aliphatic rings. The van der Waals surface area contributed by atoms with E-state index < -0.39 is 0 Å². The average Bonchev–Trinajstić information content (AvgIpc) is 2.60. The van der Waals surface area contributed by atoms with Gasteiger partial charge in [-0.2, -0.15) is 0 Å². The SMILES string of the molecule is OCc1c(F)ccc2sc(CCl)cc12. The van der Waals surface area contributed by atoms with Crippen molar-refractivity contribution in [1.82, 2.24) is 0 Å². The first-order valence-corrected chi connectivity index (χ1v) is 5.48. The van der Waals surface area contributed by atoms with Crippen molar-refractivity contribution in [2.75, 3.05) is 0 Å². The van der Waals surface area contributed by atoms with E-state index in [4.69, 9.17) is 16.7 Å². The Kier molecular flexibility index (Phi) is 2.72. The zero-order valence-electron chi connectivity index (χ0n) is 7.26. The van der Waals surface area contributed by atoms with Crippen LogP contribution in [0.15, 0.2) is 18.2 Å². The molecule has 4 heteroatoms. The maximum atomic E-state index is 13.2. The van der Waals surface area contributed by atoms with Gasteiger partial charge >= 0.3 is 0 Å². The summed E-state index contributed by atoms with van der Waals surface area (Å²) < 4.78 is 14.2. The van der Waals surface area contributed by atoms with Crippen LogP contribution in [0.2, 0.25) is 0 Å². The number of rotatable bonds is 2. The Balaban J connectivity index is 2.73. The van der Waals surface area contributed by atoms with E-state index in [1.54, 1.807) is 6.07 Å². The molecule has 2 aromatic rings. The number of aliphatic hydroxyl groups excluding tert-OH is 1. The second-order valence-electron chi connectivity index (χ2n) is 2.94. The molecule has 0 spiro atoms. The van der Waals surface area contributed by atoms with Crippen LogP contribution >= 0.6 is 22.9 Å². The Morgan fingerprint density at radius 1 is 1.43 bits per heavy atom. The second kappa shape index (κ2) is 3.85. The maximum absolute atomic E-state index is 13.2. The lowest BCUT2D eigenvalue weighted by molar-refractivity contribution is 0.277. The highest BCUT2D eigenvalue weighted by Crippen LogP contribution is 2.30. The normalized spacial score (nSPS) is 11.1. The quantitative estimate of drug-likeness (QED) is 0.786. The van der Waals surface area contributed by atoms with Gasteiger partial charge in [0.2, 0.25) is 0 Å². The van der Waals surface area contributed by atoms with Crippen LogP contribution in [0.3, 0.4) is 0 Å². The number of benzene rings is 1. The Bertz CT molecular complexity index is 466. The molecule has 1 aromatic carbocycles. The predicted molar refractivity (Wildman–Crippen MR) is 57.3 cm³/mol. The molecule has 0 unspecified atom stereocenters. The summed E-state index contributed by atoms with van der Waals surface area (Å²) in [5.74, 6) is 0.0603. The zero-order valence-corrected chi connectivity index (χ0v) is 8.83. The molecule has 0 amide bonds. The molecule has 0 saturated carbocycles. The summed E-state index contributed by atoms with van der Waals surface area (Å²) in [4.78, 5) is 0.988. The van der Waals surface area contributed by atoms with Gasteiger partial charge in [0.05, 0.1) is 12.5 Å². The Morgan fingerprint density at radius 3 is 2.86 bits per heavy atom. The summed E-state index contributed by atoms with van der Waals surface area (Å²) in [6.07, 6.45) is 0. The Hall–Kier alpha value is -0.640. The molecular formula is C10H8ClFOS. The van der Waals surface area contributed by atoms with Crippen molar-refractivity contribution in [3.05, 3.63) is 34.5 Å². The molecule has 2 rings (SSSR count). The Labute approximate surface area is 89.7 Å². The predicted octanol–water partition coefficient (Wildman–Crippen LogP) is 3.27. The summed E-state index contributed by atoms with van der Waals surface area (Å²) in [5.41, 5.74) is 0.357. The molecule has 0 aliphatic heterocycles. The fraction of sp³-hybridized carbons (Fsp3) is 0.200. The molecule has 0 atom stereocenters. The first-order chi connectivity index (χ1) is 6.76. The topological polar surface area (TPSA) is 20.2 Å². The highest BCUT2D eigenvalue weighted by molar-refractivity contribution is 7.19. The van der Waals surface area contributed by atoms with Crippen LogP contribution in [-0.4, -0.2) is 5.11 Å². The fourth-order valence-corrected chi connectivity index (χ4v) is 2.60. The van der Waals surface area contributed by atoms with Gasteiger partial charge < -0.3 is 5.11 Å². The third kappa shape index (κ3) is 1.52. The van der Waals surface area contributed by atoms with Crippen LogP contribution in [0.5, 0.6) is 0 Å². The van der Waals surface area contributed by atoms with E-state index in [1.165, 1.54) is 17.4 Å². The molecule has 74 valence electrons. The highest BCUT2D eigenvalue weighted by atomic mass is 35.5. The van der Waals surface area contributed by atoms with Crippen LogP contribution < -0.4 is 0 Å². The van der Waals surface area contributed by atoms with Crippen molar-refractivity contribution in [2.24, 2.45) is 0 Å². The van der Waals surface area contributed by atoms with Gasteiger partial charge in [-0.1, -0.05) is 0 Å². The molecule has 1 heterocycles. The first-order valence-electron chi connectivity index (χ1n) is 4.13. The molecule has 0 bridgehead atoms. The molecule has 1 nitrogen and oxygen atoms in total.